The summed E-state index contributed by atoms with van der Waals surface area (Å²) in [7, 11) is 0. The standard InChI is InChI=1S/C16H12F2N4O4.ClH/c1-7(16(25)26)21-15(24)13-12(23)5-11(22-14(13)19-6-20-22)8-2-9(17)4-10(18)3-8;/h2-7,23H,1H3,(H,21,24)(H,25,26);1H/t7-;/m1./s1. The van der Waals surface area contributed by atoms with Crippen LogP contribution in [0.4, 0.5) is 8.78 Å². The molecule has 8 nitrogen and oxygen atoms in total. The normalized spacial score (nSPS) is 11.7. The van der Waals surface area contributed by atoms with Gasteiger partial charge in [0.05, 0.1) is 5.69 Å². The van der Waals surface area contributed by atoms with Gasteiger partial charge < -0.3 is 15.5 Å². The summed E-state index contributed by atoms with van der Waals surface area (Å²) in [5.41, 5.74) is -0.244. The zero-order valence-electron chi connectivity index (χ0n) is 13.7. The molecule has 142 valence electrons. The predicted octanol–water partition coefficient (Wildman–Crippen LogP) is 2.00. The fraction of sp³-hybridized carbons (Fsp3) is 0.125. The fourth-order valence-corrected chi connectivity index (χ4v) is 2.42. The minimum atomic E-state index is -1.26. The highest BCUT2D eigenvalue weighted by Gasteiger charge is 2.24. The molecule has 0 spiro atoms. The van der Waals surface area contributed by atoms with Crippen LogP contribution in [0.5, 0.6) is 5.75 Å². The molecular formula is C16H13ClF2N4O4. The first-order valence-corrected chi connectivity index (χ1v) is 7.33. The van der Waals surface area contributed by atoms with Crippen molar-refractivity contribution in [1.29, 1.82) is 0 Å². The lowest BCUT2D eigenvalue weighted by Gasteiger charge is -2.13. The number of benzene rings is 1. The zero-order valence-corrected chi connectivity index (χ0v) is 14.5. The number of carboxylic acids is 1. The van der Waals surface area contributed by atoms with E-state index in [0.29, 0.717) is 6.07 Å². The maximum Gasteiger partial charge on any atom is 0.325 e. The Morgan fingerprint density at radius 3 is 2.41 bits per heavy atom. The minimum absolute atomic E-state index is 0. The molecule has 2 aromatic heterocycles. The lowest BCUT2D eigenvalue weighted by Crippen LogP contribution is -2.38. The molecule has 1 atom stereocenters. The number of fused-ring (bicyclic) bond motifs is 1. The van der Waals surface area contributed by atoms with E-state index in [1.54, 1.807) is 0 Å². The van der Waals surface area contributed by atoms with Gasteiger partial charge in [0.15, 0.2) is 5.65 Å². The molecule has 27 heavy (non-hydrogen) atoms. The molecule has 0 fully saturated rings. The highest BCUT2D eigenvalue weighted by molar-refractivity contribution is 6.04. The van der Waals surface area contributed by atoms with Crippen molar-refractivity contribution in [3.05, 3.63) is 47.8 Å². The van der Waals surface area contributed by atoms with Crippen LogP contribution in [0.2, 0.25) is 0 Å². The first-order valence-electron chi connectivity index (χ1n) is 7.33. The van der Waals surface area contributed by atoms with Crippen LogP contribution >= 0.6 is 12.4 Å². The first kappa shape index (κ1) is 20.0. The molecule has 0 unspecified atom stereocenters. The average Bonchev–Trinajstić information content (AvgIpc) is 3.01. The van der Waals surface area contributed by atoms with Gasteiger partial charge in [-0.05, 0) is 19.1 Å². The van der Waals surface area contributed by atoms with Gasteiger partial charge in [-0.1, -0.05) is 0 Å². The number of aromatic hydroxyl groups is 1. The summed E-state index contributed by atoms with van der Waals surface area (Å²) < 4.78 is 28.1. The highest BCUT2D eigenvalue weighted by atomic mass is 35.5. The van der Waals surface area contributed by atoms with Crippen molar-refractivity contribution in [3.8, 4) is 17.0 Å². The van der Waals surface area contributed by atoms with Gasteiger partial charge in [-0.2, -0.15) is 5.10 Å². The van der Waals surface area contributed by atoms with Crippen molar-refractivity contribution in [2.75, 3.05) is 0 Å². The van der Waals surface area contributed by atoms with Gasteiger partial charge in [0.1, 0.15) is 35.3 Å². The molecule has 0 bridgehead atoms. The number of pyridine rings is 1. The Kier molecular flexibility index (Phi) is 5.60. The molecule has 3 rings (SSSR count). The third-order valence-electron chi connectivity index (χ3n) is 3.63. The van der Waals surface area contributed by atoms with Gasteiger partial charge in [-0.15, -0.1) is 12.4 Å². The number of carboxylic acid groups (broad SMARTS) is 1. The third-order valence-corrected chi connectivity index (χ3v) is 3.63. The molecular weight excluding hydrogens is 386 g/mol. The Bertz CT molecular complexity index is 1020. The topological polar surface area (TPSA) is 117 Å². The van der Waals surface area contributed by atoms with E-state index in [-0.39, 0.29) is 34.9 Å². The van der Waals surface area contributed by atoms with Gasteiger partial charge >= 0.3 is 5.97 Å². The molecule has 1 amide bonds. The van der Waals surface area contributed by atoms with Crippen molar-refractivity contribution in [1.82, 2.24) is 19.9 Å². The summed E-state index contributed by atoms with van der Waals surface area (Å²) in [6.45, 7) is 1.25. The average molecular weight is 399 g/mol. The van der Waals surface area contributed by atoms with Gasteiger partial charge in [0.25, 0.3) is 5.91 Å². The molecule has 3 N–H and O–H groups in total. The van der Waals surface area contributed by atoms with Crippen molar-refractivity contribution < 1.29 is 28.6 Å². The number of halogens is 3. The highest BCUT2D eigenvalue weighted by Crippen LogP contribution is 2.30. The van der Waals surface area contributed by atoms with Crippen molar-refractivity contribution >= 4 is 29.9 Å². The molecule has 0 saturated heterocycles. The van der Waals surface area contributed by atoms with Crippen molar-refractivity contribution in [2.24, 2.45) is 0 Å². The second-order valence-corrected chi connectivity index (χ2v) is 5.48. The Morgan fingerprint density at radius 1 is 1.19 bits per heavy atom. The fourth-order valence-electron chi connectivity index (χ4n) is 2.42. The van der Waals surface area contributed by atoms with E-state index in [2.05, 4.69) is 15.4 Å². The molecule has 2 heterocycles. The van der Waals surface area contributed by atoms with Crippen LogP contribution in [0.25, 0.3) is 16.9 Å². The zero-order chi connectivity index (χ0) is 19.0. The number of hydrogen-bond acceptors (Lipinski definition) is 5. The van der Waals surface area contributed by atoms with Crippen LogP contribution in [-0.4, -0.2) is 42.7 Å². The lowest BCUT2D eigenvalue weighted by atomic mass is 10.1. The van der Waals surface area contributed by atoms with Gasteiger partial charge in [0, 0.05) is 17.7 Å². The van der Waals surface area contributed by atoms with Crippen LogP contribution in [-0.2, 0) is 4.79 Å². The second-order valence-electron chi connectivity index (χ2n) is 5.48. The largest absolute Gasteiger partial charge is 0.507 e. The van der Waals surface area contributed by atoms with E-state index in [9.17, 15) is 23.5 Å². The maximum atomic E-state index is 13.5. The van der Waals surface area contributed by atoms with Gasteiger partial charge in [-0.25, -0.2) is 18.3 Å². The van der Waals surface area contributed by atoms with Crippen LogP contribution in [0, 0.1) is 11.6 Å². The van der Waals surface area contributed by atoms with E-state index in [1.807, 2.05) is 0 Å². The van der Waals surface area contributed by atoms with Gasteiger partial charge in [-0.3, -0.25) is 9.59 Å². The number of nitrogens with one attached hydrogen (secondary N) is 1. The summed E-state index contributed by atoms with van der Waals surface area (Å²) >= 11 is 0. The van der Waals surface area contributed by atoms with E-state index in [0.717, 1.165) is 29.0 Å². The Hall–Kier alpha value is -3.27. The number of aromatic nitrogens is 3. The van der Waals surface area contributed by atoms with E-state index in [1.165, 1.54) is 6.92 Å². The number of carbonyl (C=O) groups is 2. The van der Waals surface area contributed by atoms with Crippen molar-refractivity contribution in [3.63, 3.8) is 0 Å². The predicted molar refractivity (Wildman–Crippen MR) is 91.8 cm³/mol. The summed E-state index contributed by atoms with van der Waals surface area (Å²) in [6, 6.07) is 2.64. The summed E-state index contributed by atoms with van der Waals surface area (Å²) in [5.74, 6) is -4.34. The molecule has 0 aliphatic carbocycles. The molecule has 0 aliphatic heterocycles. The van der Waals surface area contributed by atoms with Crippen LogP contribution < -0.4 is 5.32 Å². The Labute approximate surface area is 156 Å². The van der Waals surface area contributed by atoms with Gasteiger partial charge in [0.2, 0.25) is 0 Å². The van der Waals surface area contributed by atoms with Crippen molar-refractivity contribution in [2.45, 2.75) is 13.0 Å². The Morgan fingerprint density at radius 2 is 1.81 bits per heavy atom. The first-order chi connectivity index (χ1) is 12.3. The molecule has 11 heteroatoms. The number of hydrogen-bond donors (Lipinski definition) is 3. The quantitative estimate of drug-likeness (QED) is 0.619. The number of rotatable bonds is 4. The third kappa shape index (κ3) is 3.80. The molecule has 0 aliphatic rings. The monoisotopic (exact) mass is 398 g/mol. The number of amides is 1. The lowest BCUT2D eigenvalue weighted by molar-refractivity contribution is -0.138. The van der Waals surface area contributed by atoms with E-state index < -0.39 is 35.3 Å². The maximum absolute atomic E-state index is 13.5. The van der Waals surface area contributed by atoms with Crippen LogP contribution in [0.1, 0.15) is 17.3 Å². The number of nitrogens with zero attached hydrogens (tertiary/aromatic N) is 3. The minimum Gasteiger partial charge on any atom is -0.507 e. The molecule has 1 aromatic carbocycles. The second kappa shape index (κ2) is 7.54. The van der Waals surface area contributed by atoms with Crippen LogP contribution in [0.3, 0.4) is 0 Å². The summed E-state index contributed by atoms with van der Waals surface area (Å²) in [4.78, 5) is 27.1. The number of carbonyl (C=O) groups excluding carboxylic acids is 1. The van der Waals surface area contributed by atoms with E-state index >= 15 is 0 Å². The van der Waals surface area contributed by atoms with E-state index in [4.69, 9.17) is 5.11 Å². The summed E-state index contributed by atoms with van der Waals surface area (Å²) in [5, 5.41) is 25.2. The number of aliphatic carboxylic acids is 1. The summed E-state index contributed by atoms with van der Waals surface area (Å²) in [6.07, 6.45) is 1.09. The SMILES string of the molecule is C[C@@H](NC(=O)c1c(O)cc(-c2cc(F)cc(F)c2)n2ncnc12)C(=O)O.Cl. The molecule has 0 radical (unpaired) electrons. The molecule has 0 saturated carbocycles. The smallest absolute Gasteiger partial charge is 0.325 e. The van der Waals surface area contributed by atoms with Crippen LogP contribution in [0.15, 0.2) is 30.6 Å². The molecule has 3 aromatic rings. The Balaban J connectivity index is 0.00000261.